The number of alkyl carbamates (subject to hydrolysis) is 3. The molecule has 8 amide bonds. The third-order valence-corrected chi connectivity index (χ3v) is 14.3. The Morgan fingerprint density at radius 1 is 0.482 bits per heavy atom. The van der Waals surface area contributed by atoms with E-state index in [1.165, 1.54) is 0 Å². The number of piperidine rings is 1. The molecular weight excluding hydrogens is 1060 g/mol. The van der Waals surface area contributed by atoms with Gasteiger partial charge >= 0.3 is 18.3 Å². The molecule has 0 saturated carbocycles. The maximum absolute atomic E-state index is 14.7. The van der Waals surface area contributed by atoms with Gasteiger partial charge in [0.05, 0.1) is 0 Å². The number of rotatable bonds is 25. The van der Waals surface area contributed by atoms with Crippen LogP contribution in [0.5, 0.6) is 0 Å². The average Bonchev–Trinajstić information content (AvgIpc) is 2.51. The minimum Gasteiger partial charge on any atom is -0.445 e. The third kappa shape index (κ3) is 21.7. The fourth-order valence-electron chi connectivity index (χ4n) is 10.2. The topological polar surface area (TPSA) is 243 Å². The lowest BCUT2D eigenvalue weighted by molar-refractivity contribution is -0.153. The molecule has 6 rings (SSSR count). The van der Waals surface area contributed by atoms with Crippen molar-refractivity contribution in [3.05, 3.63) is 144 Å². The van der Waals surface area contributed by atoms with Gasteiger partial charge in [0.15, 0.2) is 0 Å². The van der Waals surface area contributed by atoms with Crippen molar-refractivity contribution < 1.29 is 52.6 Å². The quantitative estimate of drug-likeness (QED) is 0.0280. The van der Waals surface area contributed by atoms with Gasteiger partial charge in [-0.3, -0.25) is 24.0 Å². The highest BCUT2D eigenvalue weighted by atomic mass is 16.6. The van der Waals surface area contributed by atoms with Crippen LogP contribution in [0, 0.1) is 11.3 Å². The number of nitrogens with zero attached hydrogens (tertiary/aromatic N) is 2. The van der Waals surface area contributed by atoms with Gasteiger partial charge in [-0.25, -0.2) is 14.4 Å². The van der Waals surface area contributed by atoms with Crippen LogP contribution >= 0.6 is 0 Å². The van der Waals surface area contributed by atoms with Gasteiger partial charge in [-0.15, -0.1) is 0 Å². The van der Waals surface area contributed by atoms with Gasteiger partial charge in [-0.05, 0) is 108 Å². The van der Waals surface area contributed by atoms with Crippen LogP contribution in [0.4, 0.5) is 14.4 Å². The summed E-state index contributed by atoms with van der Waals surface area (Å²) < 4.78 is 16.4. The minimum atomic E-state index is -1.20. The number of unbranched alkanes of at least 4 members (excludes halogenated alkanes) is 1. The molecule has 0 unspecified atom stereocenters. The molecule has 2 heterocycles. The van der Waals surface area contributed by atoms with Gasteiger partial charge in [0.25, 0.3) is 0 Å². The zero-order valence-corrected chi connectivity index (χ0v) is 49.5. The van der Waals surface area contributed by atoms with Crippen molar-refractivity contribution in [2.24, 2.45) is 11.3 Å². The molecule has 2 saturated heterocycles. The predicted octanol–water partition coefficient (Wildman–Crippen LogP) is 7.55. The monoisotopic (exact) mass is 1140 g/mol. The first-order chi connectivity index (χ1) is 39.4. The molecule has 448 valence electrons. The van der Waals surface area contributed by atoms with Crippen LogP contribution in [0.3, 0.4) is 0 Å². The summed E-state index contributed by atoms with van der Waals surface area (Å²) in [6.45, 7) is 16.2. The molecule has 2 aliphatic rings. The molecule has 19 nitrogen and oxygen atoms in total. The van der Waals surface area contributed by atoms with E-state index in [0.717, 1.165) is 22.3 Å². The van der Waals surface area contributed by atoms with Crippen molar-refractivity contribution in [3.8, 4) is 0 Å². The number of carbonyl (C=O) groups is 8. The Kier molecular flexibility index (Phi) is 23.5. The minimum absolute atomic E-state index is 0.0506. The standard InChI is InChI=1S/C64H86N8O11/c1-44(2)37-50(67-55(74)51(38-45-23-13-9-14-24-45)68-56(75)52(39-46-25-15-10-16-26-46)69-61(80)83-63(6,7)8)54(73)66-49(31-21-22-34-65-59(78)82-62(3,4)5)57(76)72-42-64(43-72)32-35-71(36-33-64)58(77)53(40-47-27-17-11-18-28-47)70-60(79)81-41-48-29-19-12-20-30-48/h9-20,23-30,44,49-53H,21-22,31-43H2,1-8H3,(H,65,78)(H,66,73)(H,67,74)(H,68,75)(H,69,80)(H,70,79)/t49-,50-,51-,52-,53-/m1/s1. The Hall–Kier alpha value is -7.96. The van der Waals surface area contributed by atoms with Crippen LogP contribution in [-0.2, 0) is 64.1 Å². The van der Waals surface area contributed by atoms with Crippen LogP contribution in [-0.4, -0.2) is 132 Å². The molecule has 1 spiro atoms. The van der Waals surface area contributed by atoms with Gasteiger partial charge in [0.1, 0.15) is 48.0 Å². The molecule has 0 bridgehead atoms. The Morgan fingerprint density at radius 2 is 0.892 bits per heavy atom. The number of ether oxygens (including phenoxy) is 3. The lowest BCUT2D eigenvalue weighted by Gasteiger charge is -2.54. The number of likely N-dealkylation sites (tertiary alicyclic amines) is 2. The van der Waals surface area contributed by atoms with Gasteiger partial charge < -0.3 is 55.9 Å². The highest BCUT2D eigenvalue weighted by Crippen LogP contribution is 2.41. The summed E-state index contributed by atoms with van der Waals surface area (Å²) in [5.74, 6) is -2.49. The van der Waals surface area contributed by atoms with E-state index >= 15 is 0 Å². The molecule has 0 aromatic heterocycles. The van der Waals surface area contributed by atoms with Crippen molar-refractivity contribution in [1.29, 1.82) is 0 Å². The molecular formula is C64H86N8O11. The first kappa shape index (κ1) is 64.2. The molecule has 2 fully saturated rings. The summed E-state index contributed by atoms with van der Waals surface area (Å²) in [7, 11) is 0. The maximum Gasteiger partial charge on any atom is 0.408 e. The van der Waals surface area contributed by atoms with Crippen molar-refractivity contribution in [2.45, 2.75) is 161 Å². The largest absolute Gasteiger partial charge is 0.445 e. The third-order valence-electron chi connectivity index (χ3n) is 14.3. The lowest BCUT2D eigenvalue weighted by Crippen LogP contribution is -2.66. The molecule has 4 aromatic rings. The Balaban J connectivity index is 1.14. The van der Waals surface area contributed by atoms with Crippen LogP contribution < -0.4 is 31.9 Å². The summed E-state index contributed by atoms with van der Waals surface area (Å²) in [6.07, 6.45) is 0.888. The van der Waals surface area contributed by atoms with Gasteiger partial charge in [0, 0.05) is 57.4 Å². The van der Waals surface area contributed by atoms with Crippen molar-refractivity contribution >= 4 is 47.8 Å². The van der Waals surface area contributed by atoms with Gasteiger partial charge in [-0.1, -0.05) is 135 Å². The molecule has 83 heavy (non-hydrogen) atoms. The lowest BCUT2D eigenvalue weighted by atomic mass is 9.71. The van der Waals surface area contributed by atoms with Crippen LogP contribution in [0.1, 0.15) is 116 Å². The fraction of sp³-hybridized carbons (Fsp3) is 0.500. The number of hydrogen-bond donors (Lipinski definition) is 6. The molecule has 2 aliphatic heterocycles. The van der Waals surface area contributed by atoms with E-state index in [2.05, 4.69) is 31.9 Å². The molecule has 6 N–H and O–H groups in total. The van der Waals surface area contributed by atoms with Crippen LogP contribution in [0.2, 0.25) is 0 Å². The first-order valence-electron chi connectivity index (χ1n) is 29.0. The highest BCUT2D eigenvalue weighted by molar-refractivity contribution is 5.96. The zero-order chi connectivity index (χ0) is 60.2. The van der Waals surface area contributed by atoms with Crippen LogP contribution in [0.15, 0.2) is 121 Å². The highest BCUT2D eigenvalue weighted by Gasteiger charge is 2.49. The molecule has 5 atom stereocenters. The fourth-order valence-corrected chi connectivity index (χ4v) is 10.2. The van der Waals surface area contributed by atoms with E-state index in [-0.39, 0.29) is 68.4 Å². The van der Waals surface area contributed by atoms with E-state index in [1.807, 2.05) is 135 Å². The summed E-state index contributed by atoms with van der Waals surface area (Å²) in [4.78, 5) is 115. The maximum atomic E-state index is 14.7. The second kappa shape index (κ2) is 30.4. The molecule has 0 radical (unpaired) electrons. The van der Waals surface area contributed by atoms with E-state index < -0.39 is 77.4 Å². The number of nitrogens with one attached hydrogen (secondary N) is 6. The van der Waals surface area contributed by atoms with Crippen molar-refractivity contribution in [1.82, 2.24) is 41.7 Å². The van der Waals surface area contributed by atoms with Crippen molar-refractivity contribution in [2.75, 3.05) is 32.7 Å². The Labute approximate surface area is 489 Å². The second-order valence-electron chi connectivity index (χ2n) is 24.3. The molecule has 19 heteroatoms. The second-order valence-corrected chi connectivity index (χ2v) is 24.3. The SMILES string of the molecule is CC(C)C[C@@H](NC(=O)[C@@H](Cc1ccccc1)NC(=O)[C@@H](Cc1ccccc1)NC(=O)OC(C)(C)C)C(=O)N[C@H](CCCCNC(=O)OC(C)(C)C)C(=O)N1CC2(CCN(C(=O)[C@@H](Cc3ccccc3)NC(=O)OCc3ccccc3)CC2)C1. The predicted molar refractivity (Wildman–Crippen MR) is 315 cm³/mol. The smallest absolute Gasteiger partial charge is 0.408 e. The average molecular weight is 1140 g/mol. The molecule has 4 aromatic carbocycles. The summed E-state index contributed by atoms with van der Waals surface area (Å²) in [5, 5.41) is 17.1. The summed E-state index contributed by atoms with van der Waals surface area (Å²) >= 11 is 0. The summed E-state index contributed by atoms with van der Waals surface area (Å²) in [6, 6.07) is 31.6. The van der Waals surface area contributed by atoms with Gasteiger partial charge in [-0.2, -0.15) is 0 Å². The Morgan fingerprint density at radius 3 is 1.39 bits per heavy atom. The van der Waals surface area contributed by atoms with Crippen LogP contribution in [0.25, 0.3) is 0 Å². The number of hydrogen-bond acceptors (Lipinski definition) is 11. The van der Waals surface area contributed by atoms with Gasteiger partial charge in [0.2, 0.25) is 29.5 Å². The zero-order valence-electron chi connectivity index (χ0n) is 49.5. The van der Waals surface area contributed by atoms with E-state index in [4.69, 9.17) is 14.2 Å². The first-order valence-corrected chi connectivity index (χ1v) is 29.0. The summed E-state index contributed by atoms with van der Waals surface area (Å²) in [5.41, 5.74) is 1.37. The normalized spacial score (nSPS) is 15.7. The van der Waals surface area contributed by atoms with E-state index in [1.54, 1.807) is 51.3 Å². The van der Waals surface area contributed by atoms with E-state index in [0.29, 0.717) is 51.9 Å². The number of benzene rings is 4. The molecule has 0 aliphatic carbocycles. The number of carbonyl (C=O) groups excluding carboxylic acids is 8. The number of amides is 8. The Bertz CT molecular complexity index is 2760. The van der Waals surface area contributed by atoms with Crippen molar-refractivity contribution in [3.63, 3.8) is 0 Å². The van der Waals surface area contributed by atoms with E-state index in [9.17, 15) is 38.4 Å².